The number of hydrogen-bond donors (Lipinski definition) is 4. The topological polar surface area (TPSA) is 142 Å². The van der Waals surface area contributed by atoms with E-state index in [4.69, 9.17) is 14.9 Å². The minimum atomic E-state index is -1.39. The van der Waals surface area contributed by atoms with Gasteiger partial charge in [0.2, 0.25) is 11.8 Å². The lowest BCUT2D eigenvalue weighted by molar-refractivity contribution is -0.150. The van der Waals surface area contributed by atoms with Crippen molar-refractivity contribution in [2.75, 3.05) is 13.2 Å². The van der Waals surface area contributed by atoms with Gasteiger partial charge in [-0.15, -0.1) is 0 Å². The number of esters is 1. The summed E-state index contributed by atoms with van der Waals surface area (Å²) in [6.07, 6.45) is 58.4. The van der Waals surface area contributed by atoms with Crippen LogP contribution < -0.4 is 10.6 Å². The van der Waals surface area contributed by atoms with E-state index in [1.165, 1.54) is 109 Å². The fraction of sp³-hybridized carbons (Fsp3) is 0.736. The first-order valence-corrected chi connectivity index (χ1v) is 25.2. The van der Waals surface area contributed by atoms with E-state index in [1.807, 2.05) is 0 Å². The number of nitrogens with one attached hydrogen (secondary N) is 2. The third kappa shape index (κ3) is 43.2. The molecule has 0 saturated carbocycles. The predicted octanol–water partition coefficient (Wildman–Crippen LogP) is 13.3. The zero-order valence-electron chi connectivity index (χ0n) is 39.6. The summed E-state index contributed by atoms with van der Waals surface area (Å²) >= 11 is 0. The first-order valence-electron chi connectivity index (χ1n) is 25.2. The third-order valence-electron chi connectivity index (χ3n) is 11.0. The predicted molar refractivity (Wildman–Crippen MR) is 259 cm³/mol. The lowest BCUT2D eigenvalue weighted by Gasteiger charge is -2.17. The SMILES string of the molecule is CC/C=C\C/C=C\C/C=C\C/C=C\CCC(CCCCCCCC(=O)NCC(=O)NC(CO)C(=O)O)OC(=O)CCCCCCCCCCC/C=C\CCCCCCCCCC. The molecule has 0 radical (unpaired) electrons. The van der Waals surface area contributed by atoms with Gasteiger partial charge in [-0.3, -0.25) is 14.4 Å². The normalized spacial score (nSPS) is 13.0. The van der Waals surface area contributed by atoms with E-state index in [0.717, 1.165) is 83.5 Å². The first kappa shape index (κ1) is 58.5. The molecule has 0 bridgehead atoms. The molecule has 0 fully saturated rings. The number of rotatable bonds is 45. The highest BCUT2D eigenvalue weighted by atomic mass is 16.5. The van der Waals surface area contributed by atoms with Crippen molar-refractivity contribution in [1.29, 1.82) is 0 Å². The van der Waals surface area contributed by atoms with Gasteiger partial charge in [-0.05, 0) is 89.9 Å². The maximum atomic E-state index is 12.9. The van der Waals surface area contributed by atoms with Crippen molar-refractivity contribution < 1.29 is 34.1 Å². The third-order valence-corrected chi connectivity index (χ3v) is 11.0. The van der Waals surface area contributed by atoms with Crippen LogP contribution in [-0.4, -0.2) is 59.3 Å². The molecule has 2 atom stereocenters. The summed E-state index contributed by atoms with van der Waals surface area (Å²) in [5, 5.41) is 22.6. The molecule has 9 heteroatoms. The van der Waals surface area contributed by atoms with Crippen molar-refractivity contribution in [3.63, 3.8) is 0 Å². The molecule has 0 aromatic carbocycles. The quantitative estimate of drug-likeness (QED) is 0.0271. The molecule has 356 valence electrons. The monoisotopic (exact) mass is 869 g/mol. The van der Waals surface area contributed by atoms with Gasteiger partial charge in [-0.2, -0.15) is 0 Å². The molecule has 2 unspecified atom stereocenters. The van der Waals surface area contributed by atoms with Gasteiger partial charge in [0.15, 0.2) is 0 Å². The number of aliphatic hydroxyl groups is 1. The lowest BCUT2D eigenvalue weighted by atomic mass is 10.0. The van der Waals surface area contributed by atoms with Gasteiger partial charge >= 0.3 is 11.9 Å². The van der Waals surface area contributed by atoms with E-state index in [9.17, 15) is 19.2 Å². The van der Waals surface area contributed by atoms with E-state index >= 15 is 0 Å². The molecule has 4 N–H and O–H groups in total. The number of carboxylic acid groups (broad SMARTS) is 1. The van der Waals surface area contributed by atoms with Crippen molar-refractivity contribution in [3.8, 4) is 0 Å². The average Bonchev–Trinajstić information content (AvgIpc) is 3.26. The van der Waals surface area contributed by atoms with Crippen LogP contribution in [0.15, 0.2) is 60.8 Å². The summed E-state index contributed by atoms with van der Waals surface area (Å²) in [5.41, 5.74) is 0. The second-order valence-corrected chi connectivity index (χ2v) is 16.9. The number of carbonyl (C=O) groups is 4. The second-order valence-electron chi connectivity index (χ2n) is 16.9. The van der Waals surface area contributed by atoms with Crippen LogP contribution in [0.1, 0.15) is 226 Å². The van der Waals surface area contributed by atoms with Crippen molar-refractivity contribution >= 4 is 23.8 Å². The summed E-state index contributed by atoms with van der Waals surface area (Å²) in [7, 11) is 0. The van der Waals surface area contributed by atoms with Gasteiger partial charge in [0.05, 0.1) is 13.2 Å². The highest BCUT2D eigenvalue weighted by molar-refractivity contribution is 5.87. The highest BCUT2D eigenvalue weighted by Crippen LogP contribution is 2.18. The van der Waals surface area contributed by atoms with E-state index in [-0.39, 0.29) is 30.9 Å². The number of carboxylic acids is 1. The Morgan fingerprint density at radius 1 is 0.500 bits per heavy atom. The minimum Gasteiger partial charge on any atom is -0.480 e. The summed E-state index contributed by atoms with van der Waals surface area (Å²) < 4.78 is 6.01. The number of carbonyl (C=O) groups excluding carboxylic acids is 3. The summed E-state index contributed by atoms with van der Waals surface area (Å²) in [6, 6.07) is -1.39. The van der Waals surface area contributed by atoms with E-state index in [1.54, 1.807) is 0 Å². The summed E-state index contributed by atoms with van der Waals surface area (Å²) in [4.78, 5) is 47.7. The molecular weight excluding hydrogens is 777 g/mol. The number of aliphatic hydroxyl groups excluding tert-OH is 1. The molecule has 0 aromatic rings. The van der Waals surface area contributed by atoms with Gasteiger partial charge in [0.25, 0.3) is 0 Å². The fourth-order valence-corrected chi connectivity index (χ4v) is 7.17. The van der Waals surface area contributed by atoms with Gasteiger partial charge in [0, 0.05) is 12.8 Å². The van der Waals surface area contributed by atoms with Crippen molar-refractivity contribution in [3.05, 3.63) is 60.8 Å². The second kappa shape index (κ2) is 47.0. The number of aliphatic carboxylic acids is 1. The molecule has 0 aromatic heterocycles. The number of allylic oxidation sites excluding steroid dienone is 10. The maximum Gasteiger partial charge on any atom is 0.328 e. The van der Waals surface area contributed by atoms with Crippen LogP contribution in [0.2, 0.25) is 0 Å². The maximum absolute atomic E-state index is 12.9. The van der Waals surface area contributed by atoms with Crippen molar-refractivity contribution in [1.82, 2.24) is 10.6 Å². The molecule has 0 heterocycles. The number of ether oxygens (including phenoxy) is 1. The molecule has 0 aliphatic carbocycles. The van der Waals surface area contributed by atoms with E-state index in [2.05, 4.69) is 85.2 Å². The smallest absolute Gasteiger partial charge is 0.328 e. The Labute approximate surface area is 379 Å². The average molecular weight is 869 g/mol. The van der Waals surface area contributed by atoms with Crippen LogP contribution in [0.5, 0.6) is 0 Å². The lowest BCUT2D eigenvalue weighted by Crippen LogP contribution is -2.47. The van der Waals surface area contributed by atoms with Gasteiger partial charge in [-0.25, -0.2) is 4.79 Å². The van der Waals surface area contributed by atoms with Gasteiger partial charge in [0.1, 0.15) is 12.1 Å². The molecule has 0 spiro atoms. The zero-order chi connectivity index (χ0) is 45.4. The molecule has 9 nitrogen and oxygen atoms in total. The fourth-order valence-electron chi connectivity index (χ4n) is 7.17. The van der Waals surface area contributed by atoms with Crippen LogP contribution in [0.4, 0.5) is 0 Å². The van der Waals surface area contributed by atoms with E-state index < -0.39 is 24.5 Å². The largest absolute Gasteiger partial charge is 0.480 e. The molecule has 0 aliphatic rings. The Hall–Kier alpha value is -3.46. The van der Waals surface area contributed by atoms with Gasteiger partial charge < -0.3 is 25.6 Å². The molecule has 0 rings (SSSR count). The molecule has 62 heavy (non-hydrogen) atoms. The Kier molecular flexibility index (Phi) is 44.4. The van der Waals surface area contributed by atoms with Crippen molar-refractivity contribution in [2.24, 2.45) is 0 Å². The van der Waals surface area contributed by atoms with Crippen molar-refractivity contribution in [2.45, 2.75) is 238 Å². The van der Waals surface area contributed by atoms with Crippen LogP contribution >= 0.6 is 0 Å². The van der Waals surface area contributed by atoms with Crippen LogP contribution in [0, 0.1) is 0 Å². The Morgan fingerprint density at radius 2 is 0.952 bits per heavy atom. The van der Waals surface area contributed by atoms with Crippen LogP contribution in [-0.2, 0) is 23.9 Å². The molecule has 2 amide bonds. The molecule has 0 aliphatic heterocycles. The van der Waals surface area contributed by atoms with Gasteiger partial charge in [-0.1, -0.05) is 184 Å². The Balaban J connectivity index is 4.32. The highest BCUT2D eigenvalue weighted by Gasteiger charge is 2.19. The standard InChI is InChI=1S/C53H92N2O7/c1-3-5-7-9-11-13-15-17-18-19-20-21-22-23-24-26-28-30-32-37-41-45-52(59)62-48(42-38-34-31-29-27-25-16-14-12-10-8-6-4-2)43-39-35-33-36-40-44-50(57)54-46-51(58)55-49(47-56)53(60)61/h6,8,12,14,19-20,25,27,31,34,48-49,56H,3-5,7,9-11,13,15-18,21-24,26,28-30,32-33,35-47H2,1-2H3,(H,54,57)(H,55,58)(H,60,61)/b8-6-,14-12-,20-19-,27-25-,34-31-. The zero-order valence-corrected chi connectivity index (χ0v) is 39.6. The van der Waals surface area contributed by atoms with Crippen LogP contribution in [0.25, 0.3) is 0 Å². The summed E-state index contributed by atoms with van der Waals surface area (Å²) in [5.74, 6) is -2.35. The first-order chi connectivity index (χ1) is 30.3. The number of unbranched alkanes of at least 4 members (excludes halogenated alkanes) is 21. The number of hydrogen-bond acceptors (Lipinski definition) is 6. The van der Waals surface area contributed by atoms with Crippen LogP contribution in [0.3, 0.4) is 0 Å². The molecule has 0 saturated heterocycles. The number of amides is 2. The molecular formula is C53H92N2O7. The van der Waals surface area contributed by atoms with E-state index in [0.29, 0.717) is 12.8 Å². The summed E-state index contributed by atoms with van der Waals surface area (Å²) in [6.45, 7) is 3.37. The Morgan fingerprint density at radius 3 is 1.47 bits per heavy atom. The Bertz CT molecular complexity index is 1220. The minimum absolute atomic E-state index is 0.0819.